The number of nitrogens with one attached hydrogen (secondary N) is 2. The van der Waals surface area contributed by atoms with Crippen LogP contribution in [0.4, 0.5) is 4.39 Å². The molecule has 0 aliphatic carbocycles. The van der Waals surface area contributed by atoms with E-state index in [1.165, 1.54) is 17.0 Å². The van der Waals surface area contributed by atoms with Crippen LogP contribution in [0.1, 0.15) is 21.0 Å². The maximum atomic E-state index is 13.8. The van der Waals surface area contributed by atoms with Gasteiger partial charge in [0.25, 0.3) is 0 Å². The lowest BCUT2D eigenvalue weighted by Crippen LogP contribution is -2.39. The van der Waals surface area contributed by atoms with Crippen LogP contribution in [0.15, 0.2) is 23.3 Å². The van der Waals surface area contributed by atoms with Crippen LogP contribution in [-0.2, 0) is 24.2 Å². The number of rotatable bonds is 6. The summed E-state index contributed by atoms with van der Waals surface area (Å²) in [5.74, 6) is 1.18. The first-order valence-corrected chi connectivity index (χ1v) is 9.35. The molecular weight excluding hydrogens is 355 g/mol. The summed E-state index contributed by atoms with van der Waals surface area (Å²) in [5.41, 5.74) is 1.59. The Bertz CT molecular complexity index is 779. The molecule has 0 spiro atoms. The Morgan fingerprint density at radius 1 is 1.31 bits per heavy atom. The predicted octanol–water partition coefficient (Wildman–Crippen LogP) is 2.41. The number of aliphatic imine (C=N–C) groups is 1. The Morgan fingerprint density at radius 3 is 2.85 bits per heavy atom. The largest absolute Gasteiger partial charge is 0.467 e. The number of ether oxygens (including phenoxy) is 2. The molecule has 0 unspecified atom stereocenters. The summed E-state index contributed by atoms with van der Waals surface area (Å²) in [7, 11) is 1.73. The quantitative estimate of drug-likeness (QED) is 0.597. The maximum Gasteiger partial charge on any atom is 0.191 e. The van der Waals surface area contributed by atoms with Crippen LogP contribution in [0.3, 0.4) is 0 Å². The third-order valence-corrected chi connectivity index (χ3v) is 4.94. The van der Waals surface area contributed by atoms with Crippen molar-refractivity contribution in [1.29, 1.82) is 0 Å². The normalized spacial score (nSPS) is 13.9. The number of hydrogen-bond donors (Lipinski definition) is 2. The minimum Gasteiger partial charge on any atom is -0.467 e. The van der Waals surface area contributed by atoms with Gasteiger partial charge in [-0.05, 0) is 31.0 Å². The van der Waals surface area contributed by atoms with E-state index in [4.69, 9.17) is 9.47 Å². The number of aromatic nitrogens is 1. The molecule has 0 radical (unpaired) electrons. The van der Waals surface area contributed by atoms with Gasteiger partial charge >= 0.3 is 0 Å². The van der Waals surface area contributed by atoms with Gasteiger partial charge in [-0.3, -0.25) is 4.99 Å². The summed E-state index contributed by atoms with van der Waals surface area (Å²) in [6, 6.07) is 2.99. The molecule has 6 nitrogen and oxygen atoms in total. The van der Waals surface area contributed by atoms with E-state index in [0.29, 0.717) is 25.5 Å². The van der Waals surface area contributed by atoms with Crippen LogP contribution in [0.2, 0.25) is 0 Å². The second-order valence-corrected chi connectivity index (χ2v) is 7.27. The summed E-state index contributed by atoms with van der Waals surface area (Å²) in [6.45, 7) is 4.01. The average molecular weight is 378 g/mol. The minimum absolute atomic E-state index is 0.207. The Hall–Kier alpha value is -2.19. The molecule has 2 aromatic rings. The van der Waals surface area contributed by atoms with Crippen molar-refractivity contribution in [3.8, 4) is 5.75 Å². The van der Waals surface area contributed by atoms with Crippen molar-refractivity contribution < 1.29 is 13.9 Å². The van der Waals surface area contributed by atoms with Gasteiger partial charge in [-0.25, -0.2) is 9.37 Å². The van der Waals surface area contributed by atoms with Crippen molar-refractivity contribution in [3.63, 3.8) is 0 Å². The molecule has 0 saturated carbocycles. The first-order valence-electron chi connectivity index (χ1n) is 8.53. The molecule has 0 fully saturated rings. The maximum absolute atomic E-state index is 13.8. The highest BCUT2D eigenvalue weighted by Crippen LogP contribution is 2.29. The number of fused-ring (bicyclic) bond motifs is 1. The Balaban J connectivity index is 1.48. The molecule has 1 aliphatic rings. The van der Waals surface area contributed by atoms with Crippen molar-refractivity contribution in [2.24, 2.45) is 4.99 Å². The summed E-state index contributed by atoms with van der Waals surface area (Å²) in [4.78, 5) is 9.78. The second-order valence-electron chi connectivity index (χ2n) is 5.95. The van der Waals surface area contributed by atoms with E-state index < -0.39 is 0 Å². The molecule has 3 rings (SSSR count). The summed E-state index contributed by atoms with van der Waals surface area (Å²) in [6.07, 6.45) is 3.37. The first-order chi connectivity index (χ1) is 12.7. The average Bonchev–Trinajstić information content (AvgIpc) is 3.05. The Morgan fingerprint density at radius 2 is 2.12 bits per heavy atom. The van der Waals surface area contributed by atoms with Crippen molar-refractivity contribution in [3.05, 3.63) is 45.2 Å². The molecule has 0 amide bonds. The SMILES string of the molecule is CN=C(NCCc1ncc(C)s1)NCCc1cc(F)cc2c1OCOC2. The van der Waals surface area contributed by atoms with Crippen molar-refractivity contribution >= 4 is 17.3 Å². The lowest BCUT2D eigenvalue weighted by molar-refractivity contribution is -0.0172. The molecule has 0 bridgehead atoms. The monoisotopic (exact) mass is 378 g/mol. The minimum atomic E-state index is -0.269. The van der Waals surface area contributed by atoms with Gasteiger partial charge in [0.15, 0.2) is 12.8 Å². The Kier molecular flexibility index (Phi) is 6.40. The molecular formula is C18H23FN4O2S. The number of halogens is 1. The van der Waals surface area contributed by atoms with Gasteiger partial charge in [0.2, 0.25) is 0 Å². The second kappa shape index (κ2) is 8.95. The van der Waals surface area contributed by atoms with Gasteiger partial charge in [-0.15, -0.1) is 11.3 Å². The van der Waals surface area contributed by atoms with Crippen molar-refractivity contribution in [2.75, 3.05) is 26.9 Å². The fourth-order valence-electron chi connectivity index (χ4n) is 2.78. The van der Waals surface area contributed by atoms with Gasteiger partial charge < -0.3 is 20.1 Å². The van der Waals surface area contributed by atoms with Crippen LogP contribution < -0.4 is 15.4 Å². The van der Waals surface area contributed by atoms with Crippen LogP contribution in [-0.4, -0.2) is 37.9 Å². The van der Waals surface area contributed by atoms with E-state index in [-0.39, 0.29) is 12.6 Å². The van der Waals surface area contributed by atoms with Crippen LogP contribution in [0.5, 0.6) is 5.75 Å². The number of nitrogens with zero attached hydrogens (tertiary/aromatic N) is 2. The third-order valence-electron chi connectivity index (χ3n) is 3.96. The van der Waals surface area contributed by atoms with Gasteiger partial charge in [0, 0.05) is 43.2 Å². The molecule has 26 heavy (non-hydrogen) atoms. The van der Waals surface area contributed by atoms with Crippen molar-refractivity contribution in [2.45, 2.75) is 26.4 Å². The van der Waals surface area contributed by atoms with E-state index in [0.717, 1.165) is 34.8 Å². The van der Waals surface area contributed by atoms with Crippen molar-refractivity contribution in [1.82, 2.24) is 15.6 Å². The molecule has 2 N–H and O–H groups in total. The van der Waals surface area contributed by atoms with E-state index in [2.05, 4.69) is 27.5 Å². The van der Waals surface area contributed by atoms with Crippen LogP contribution in [0.25, 0.3) is 0 Å². The molecule has 1 aromatic carbocycles. The summed E-state index contributed by atoms with van der Waals surface area (Å²) >= 11 is 1.71. The zero-order valence-electron chi connectivity index (χ0n) is 15.0. The van der Waals surface area contributed by atoms with Crippen LogP contribution in [0, 0.1) is 12.7 Å². The molecule has 1 aromatic heterocycles. The van der Waals surface area contributed by atoms with E-state index in [9.17, 15) is 4.39 Å². The molecule has 8 heteroatoms. The summed E-state index contributed by atoms with van der Waals surface area (Å²) in [5, 5.41) is 7.62. The standard InChI is InChI=1S/C18H23FN4O2S/c1-12-9-23-16(26-12)4-6-22-18(20-2)21-5-3-13-7-15(19)8-14-10-24-11-25-17(13)14/h7-9H,3-6,10-11H2,1-2H3,(H2,20,21,22). The highest BCUT2D eigenvalue weighted by Gasteiger charge is 2.16. The van der Waals surface area contributed by atoms with E-state index in [1.807, 2.05) is 6.20 Å². The van der Waals surface area contributed by atoms with Gasteiger partial charge in [-0.1, -0.05) is 0 Å². The fourth-order valence-corrected chi connectivity index (χ4v) is 3.57. The predicted molar refractivity (Wildman–Crippen MR) is 100 cm³/mol. The zero-order chi connectivity index (χ0) is 18.4. The molecule has 0 atom stereocenters. The molecule has 1 aliphatic heterocycles. The topological polar surface area (TPSA) is 67.8 Å². The highest BCUT2D eigenvalue weighted by atomic mass is 32.1. The number of thiazole rings is 1. The van der Waals surface area contributed by atoms with Crippen LogP contribution >= 0.6 is 11.3 Å². The number of benzene rings is 1. The fraction of sp³-hybridized carbons (Fsp3) is 0.444. The van der Waals surface area contributed by atoms with E-state index in [1.54, 1.807) is 18.4 Å². The van der Waals surface area contributed by atoms with Gasteiger partial charge in [0.05, 0.1) is 11.6 Å². The summed E-state index contributed by atoms with van der Waals surface area (Å²) < 4.78 is 24.5. The molecule has 0 saturated heterocycles. The van der Waals surface area contributed by atoms with E-state index >= 15 is 0 Å². The third kappa shape index (κ3) is 4.92. The Labute approximate surface area is 156 Å². The molecule has 2 heterocycles. The smallest absolute Gasteiger partial charge is 0.191 e. The number of guanidine groups is 1. The lowest BCUT2D eigenvalue weighted by atomic mass is 10.1. The zero-order valence-corrected chi connectivity index (χ0v) is 15.8. The van der Waals surface area contributed by atoms with Gasteiger partial charge in [-0.2, -0.15) is 0 Å². The van der Waals surface area contributed by atoms with Gasteiger partial charge in [0.1, 0.15) is 11.6 Å². The lowest BCUT2D eigenvalue weighted by Gasteiger charge is -2.21. The number of aryl methyl sites for hydroxylation is 1. The molecule has 140 valence electrons. The first kappa shape index (κ1) is 18.6. The number of hydrogen-bond acceptors (Lipinski definition) is 5. The highest BCUT2D eigenvalue weighted by molar-refractivity contribution is 7.11.